The molecule has 7 heteroatoms. The SMILES string of the molecule is CN(C)C1(CN(C)S(=O)(=O)c2ccc(CCl)s2)CCC1. The molecule has 0 spiro atoms. The normalized spacial score (nSPS) is 18.5. The molecule has 0 amide bonds. The minimum atomic E-state index is -3.40. The van der Waals surface area contributed by atoms with Gasteiger partial charge in [0.25, 0.3) is 10.0 Å². The zero-order chi connectivity index (χ0) is 15.0. The molecular formula is C13H21ClN2O2S2. The molecule has 1 fully saturated rings. The van der Waals surface area contributed by atoms with Crippen molar-refractivity contribution in [1.29, 1.82) is 0 Å². The predicted octanol–water partition coefficient (Wildman–Crippen LogP) is 2.59. The van der Waals surface area contributed by atoms with Crippen molar-refractivity contribution in [2.75, 3.05) is 27.7 Å². The molecule has 0 aliphatic heterocycles. The summed E-state index contributed by atoms with van der Waals surface area (Å²) in [6.45, 7) is 0.538. The van der Waals surface area contributed by atoms with E-state index < -0.39 is 10.0 Å². The highest BCUT2D eigenvalue weighted by molar-refractivity contribution is 7.91. The van der Waals surface area contributed by atoms with Gasteiger partial charge < -0.3 is 4.90 Å². The van der Waals surface area contributed by atoms with E-state index in [1.807, 2.05) is 14.1 Å². The zero-order valence-electron chi connectivity index (χ0n) is 12.1. The van der Waals surface area contributed by atoms with Gasteiger partial charge in [-0.2, -0.15) is 4.31 Å². The Labute approximate surface area is 130 Å². The number of alkyl halides is 1. The molecule has 114 valence electrons. The molecule has 2 rings (SSSR count). The van der Waals surface area contributed by atoms with Crippen LogP contribution in [-0.4, -0.2) is 50.8 Å². The zero-order valence-corrected chi connectivity index (χ0v) is 14.5. The summed E-state index contributed by atoms with van der Waals surface area (Å²) in [5.41, 5.74) is -0.00556. The third kappa shape index (κ3) is 2.90. The highest BCUT2D eigenvalue weighted by atomic mass is 35.5. The van der Waals surface area contributed by atoms with Crippen LogP contribution in [-0.2, 0) is 15.9 Å². The second-order valence-electron chi connectivity index (χ2n) is 5.59. The minimum Gasteiger partial charge on any atom is -0.302 e. The average molecular weight is 337 g/mol. The molecule has 1 heterocycles. The van der Waals surface area contributed by atoms with Gasteiger partial charge in [0, 0.05) is 24.0 Å². The first-order valence-corrected chi connectivity index (χ1v) is 9.39. The molecule has 1 aliphatic carbocycles. The number of nitrogens with zero attached hydrogens (tertiary/aromatic N) is 2. The van der Waals surface area contributed by atoms with Crippen molar-refractivity contribution in [3.05, 3.63) is 17.0 Å². The van der Waals surface area contributed by atoms with Gasteiger partial charge in [0.15, 0.2) is 0 Å². The second-order valence-corrected chi connectivity index (χ2v) is 9.30. The lowest BCUT2D eigenvalue weighted by molar-refractivity contribution is 0.0455. The van der Waals surface area contributed by atoms with Crippen molar-refractivity contribution in [3.63, 3.8) is 0 Å². The fourth-order valence-electron chi connectivity index (χ4n) is 2.55. The highest BCUT2D eigenvalue weighted by Gasteiger charge is 2.42. The Balaban J connectivity index is 2.17. The summed E-state index contributed by atoms with van der Waals surface area (Å²) >= 11 is 7.00. The molecule has 1 saturated carbocycles. The minimum absolute atomic E-state index is 0.00556. The summed E-state index contributed by atoms with van der Waals surface area (Å²) < 4.78 is 27.0. The van der Waals surface area contributed by atoms with E-state index in [0.29, 0.717) is 16.6 Å². The van der Waals surface area contributed by atoms with Gasteiger partial charge in [0.1, 0.15) is 4.21 Å². The van der Waals surface area contributed by atoms with E-state index in [1.165, 1.54) is 22.1 Å². The van der Waals surface area contributed by atoms with Crippen molar-refractivity contribution in [3.8, 4) is 0 Å². The van der Waals surface area contributed by atoms with Crippen molar-refractivity contribution in [2.45, 2.75) is 34.9 Å². The van der Waals surface area contributed by atoms with Crippen LogP contribution in [0.15, 0.2) is 16.3 Å². The van der Waals surface area contributed by atoms with Crippen LogP contribution in [0.4, 0.5) is 0 Å². The van der Waals surface area contributed by atoms with Gasteiger partial charge >= 0.3 is 0 Å². The van der Waals surface area contributed by atoms with E-state index in [0.717, 1.165) is 17.7 Å². The van der Waals surface area contributed by atoms with E-state index in [1.54, 1.807) is 19.2 Å². The maximum absolute atomic E-state index is 12.6. The Kier molecular flexibility index (Phi) is 4.81. The van der Waals surface area contributed by atoms with E-state index in [4.69, 9.17) is 11.6 Å². The smallest absolute Gasteiger partial charge is 0.252 e. The van der Waals surface area contributed by atoms with Crippen molar-refractivity contribution < 1.29 is 8.42 Å². The van der Waals surface area contributed by atoms with Gasteiger partial charge in [-0.15, -0.1) is 22.9 Å². The summed E-state index contributed by atoms with van der Waals surface area (Å²) in [6.07, 6.45) is 3.27. The number of hydrogen-bond donors (Lipinski definition) is 0. The largest absolute Gasteiger partial charge is 0.302 e. The lowest BCUT2D eigenvalue weighted by Crippen LogP contribution is -2.57. The van der Waals surface area contributed by atoms with Crippen LogP contribution in [0.2, 0.25) is 0 Å². The monoisotopic (exact) mass is 336 g/mol. The Morgan fingerprint density at radius 3 is 2.35 bits per heavy atom. The van der Waals surface area contributed by atoms with Gasteiger partial charge in [-0.3, -0.25) is 0 Å². The molecule has 0 bridgehead atoms. The predicted molar refractivity (Wildman–Crippen MR) is 84.0 cm³/mol. The number of thiophene rings is 1. The Morgan fingerprint density at radius 2 is 1.95 bits per heavy atom. The molecule has 0 atom stereocenters. The maximum Gasteiger partial charge on any atom is 0.252 e. The number of hydrogen-bond acceptors (Lipinski definition) is 4. The second kappa shape index (κ2) is 5.93. The average Bonchev–Trinajstić information content (AvgIpc) is 2.82. The van der Waals surface area contributed by atoms with E-state index >= 15 is 0 Å². The summed E-state index contributed by atoms with van der Waals surface area (Å²) in [6, 6.07) is 3.43. The molecular weight excluding hydrogens is 316 g/mol. The first kappa shape index (κ1) is 16.2. The topological polar surface area (TPSA) is 40.6 Å². The first-order valence-electron chi connectivity index (χ1n) is 6.60. The Morgan fingerprint density at radius 1 is 1.30 bits per heavy atom. The van der Waals surface area contributed by atoms with Crippen LogP contribution in [0, 0.1) is 0 Å². The molecule has 20 heavy (non-hydrogen) atoms. The van der Waals surface area contributed by atoms with Crippen LogP contribution in [0.25, 0.3) is 0 Å². The number of rotatable bonds is 6. The maximum atomic E-state index is 12.6. The Bertz CT molecular complexity index is 565. The fraction of sp³-hybridized carbons (Fsp3) is 0.692. The van der Waals surface area contributed by atoms with Gasteiger partial charge in [0.05, 0.1) is 5.88 Å². The third-order valence-electron chi connectivity index (χ3n) is 4.18. The number of likely N-dealkylation sites (N-methyl/N-ethyl adjacent to an activating group) is 2. The van der Waals surface area contributed by atoms with Crippen molar-refractivity contribution in [1.82, 2.24) is 9.21 Å². The lowest BCUT2D eigenvalue weighted by atomic mass is 9.75. The van der Waals surface area contributed by atoms with Gasteiger partial charge in [-0.1, -0.05) is 0 Å². The van der Waals surface area contributed by atoms with Crippen LogP contribution in [0.1, 0.15) is 24.1 Å². The molecule has 0 saturated heterocycles. The molecule has 0 unspecified atom stereocenters. The molecule has 0 radical (unpaired) electrons. The van der Waals surface area contributed by atoms with Gasteiger partial charge in [-0.25, -0.2) is 8.42 Å². The number of sulfonamides is 1. The van der Waals surface area contributed by atoms with Gasteiger partial charge in [-0.05, 0) is 45.5 Å². The van der Waals surface area contributed by atoms with Crippen molar-refractivity contribution >= 4 is 33.0 Å². The van der Waals surface area contributed by atoms with Crippen LogP contribution in [0.5, 0.6) is 0 Å². The molecule has 0 N–H and O–H groups in total. The van der Waals surface area contributed by atoms with E-state index in [2.05, 4.69) is 4.90 Å². The third-order valence-corrected chi connectivity index (χ3v) is 7.99. The standard InChI is InChI=1S/C13H21ClN2O2S2/c1-15(2)13(7-4-8-13)10-16(3)20(17,18)12-6-5-11(9-14)19-12/h5-6H,4,7-10H2,1-3H3. The fourth-order valence-corrected chi connectivity index (χ4v) is 5.47. The Hall–Kier alpha value is -0.140. The van der Waals surface area contributed by atoms with Crippen LogP contribution >= 0.6 is 22.9 Å². The number of halogens is 1. The quantitative estimate of drug-likeness (QED) is 0.750. The van der Waals surface area contributed by atoms with E-state index in [9.17, 15) is 8.42 Å². The van der Waals surface area contributed by atoms with Gasteiger partial charge in [0.2, 0.25) is 0 Å². The molecule has 4 nitrogen and oxygen atoms in total. The van der Waals surface area contributed by atoms with Crippen LogP contribution < -0.4 is 0 Å². The molecule has 1 aliphatic rings. The summed E-state index contributed by atoms with van der Waals surface area (Å²) in [5, 5.41) is 0. The molecule has 1 aromatic heterocycles. The van der Waals surface area contributed by atoms with Crippen LogP contribution in [0.3, 0.4) is 0 Å². The molecule has 1 aromatic rings. The van der Waals surface area contributed by atoms with Crippen molar-refractivity contribution in [2.24, 2.45) is 0 Å². The first-order chi connectivity index (χ1) is 9.32. The summed E-state index contributed by atoms with van der Waals surface area (Å²) in [7, 11) is 2.31. The molecule has 0 aromatic carbocycles. The lowest BCUT2D eigenvalue weighted by Gasteiger charge is -2.48. The summed E-state index contributed by atoms with van der Waals surface area (Å²) in [4.78, 5) is 3.03. The summed E-state index contributed by atoms with van der Waals surface area (Å²) in [5.74, 6) is 0.353. The van der Waals surface area contributed by atoms with E-state index in [-0.39, 0.29) is 5.54 Å². The highest BCUT2D eigenvalue weighted by Crippen LogP contribution is 2.38.